The van der Waals surface area contributed by atoms with Crippen LogP contribution in [0.3, 0.4) is 0 Å². The topological polar surface area (TPSA) is 85.8 Å². The molecule has 0 saturated carbocycles. The normalized spacial score (nSPS) is 17.6. The van der Waals surface area contributed by atoms with Gasteiger partial charge in [0, 0.05) is 52.4 Å². The summed E-state index contributed by atoms with van der Waals surface area (Å²) in [5.74, 6) is 1.12. The van der Waals surface area contributed by atoms with Crippen molar-refractivity contribution in [2.75, 3.05) is 61.0 Å². The van der Waals surface area contributed by atoms with E-state index in [-0.39, 0.29) is 18.4 Å². The predicted molar refractivity (Wildman–Crippen MR) is 112 cm³/mol. The fourth-order valence-corrected chi connectivity index (χ4v) is 4.43. The summed E-state index contributed by atoms with van der Waals surface area (Å²) in [7, 11) is 1.84. The van der Waals surface area contributed by atoms with E-state index in [0.29, 0.717) is 36.3 Å². The number of hydrogen-bond donors (Lipinski definition) is 0. The first-order valence-corrected chi connectivity index (χ1v) is 10.7. The lowest BCUT2D eigenvalue weighted by molar-refractivity contribution is -0.130. The molecule has 4 heterocycles. The monoisotopic (exact) mass is 415 g/mol. The highest BCUT2D eigenvalue weighted by Gasteiger charge is 2.26. The first-order valence-electron chi connectivity index (χ1n) is 9.90. The van der Waals surface area contributed by atoms with Crippen molar-refractivity contribution in [1.29, 1.82) is 0 Å². The molecule has 10 heteroatoms. The SMILES string of the molecule is CN(CC(=O)N1CCN(c2ccccn2)CC1)c1nnc(N2CCCCC2=O)s1. The van der Waals surface area contributed by atoms with E-state index < -0.39 is 0 Å². The van der Waals surface area contributed by atoms with Gasteiger partial charge in [-0.15, -0.1) is 10.2 Å². The van der Waals surface area contributed by atoms with E-state index in [2.05, 4.69) is 20.1 Å². The molecule has 0 unspecified atom stereocenters. The first kappa shape index (κ1) is 19.6. The molecule has 2 fully saturated rings. The van der Waals surface area contributed by atoms with Gasteiger partial charge in [0.25, 0.3) is 0 Å². The molecule has 2 amide bonds. The minimum absolute atomic E-state index is 0.0685. The summed E-state index contributed by atoms with van der Waals surface area (Å²) in [6.45, 7) is 3.82. The van der Waals surface area contributed by atoms with Gasteiger partial charge in [-0.25, -0.2) is 4.98 Å². The Kier molecular flexibility index (Phi) is 5.89. The van der Waals surface area contributed by atoms with Crippen molar-refractivity contribution in [1.82, 2.24) is 20.1 Å². The number of piperazine rings is 1. The quantitative estimate of drug-likeness (QED) is 0.726. The minimum atomic E-state index is 0.0685. The van der Waals surface area contributed by atoms with Crippen LogP contribution in [-0.2, 0) is 9.59 Å². The Bertz CT molecular complexity index is 851. The number of amides is 2. The van der Waals surface area contributed by atoms with Crippen LogP contribution in [0.2, 0.25) is 0 Å². The zero-order chi connectivity index (χ0) is 20.2. The van der Waals surface area contributed by atoms with Gasteiger partial charge in [-0.2, -0.15) is 0 Å². The maximum Gasteiger partial charge on any atom is 0.242 e. The zero-order valence-electron chi connectivity index (χ0n) is 16.5. The van der Waals surface area contributed by atoms with E-state index in [1.54, 1.807) is 11.1 Å². The van der Waals surface area contributed by atoms with Gasteiger partial charge in [0.2, 0.25) is 22.1 Å². The molecule has 0 aromatic carbocycles. The summed E-state index contributed by atoms with van der Waals surface area (Å²) in [5, 5.41) is 9.63. The van der Waals surface area contributed by atoms with Crippen LogP contribution < -0.4 is 14.7 Å². The Balaban J connectivity index is 1.30. The number of pyridine rings is 1. The third kappa shape index (κ3) is 4.47. The summed E-state index contributed by atoms with van der Waals surface area (Å²) in [6.07, 6.45) is 4.27. The van der Waals surface area contributed by atoms with Crippen molar-refractivity contribution in [2.24, 2.45) is 0 Å². The third-order valence-electron chi connectivity index (χ3n) is 5.26. The van der Waals surface area contributed by atoms with Crippen LogP contribution in [0.4, 0.5) is 16.1 Å². The number of carbonyl (C=O) groups excluding carboxylic acids is 2. The van der Waals surface area contributed by atoms with Crippen molar-refractivity contribution in [3.8, 4) is 0 Å². The van der Waals surface area contributed by atoms with Gasteiger partial charge in [-0.3, -0.25) is 14.5 Å². The summed E-state index contributed by atoms with van der Waals surface area (Å²) >= 11 is 1.36. The van der Waals surface area contributed by atoms with Crippen molar-refractivity contribution >= 4 is 39.2 Å². The molecule has 2 aromatic heterocycles. The smallest absolute Gasteiger partial charge is 0.242 e. The molecule has 2 saturated heterocycles. The van der Waals surface area contributed by atoms with Gasteiger partial charge in [0.1, 0.15) is 5.82 Å². The van der Waals surface area contributed by atoms with Crippen LogP contribution in [0.5, 0.6) is 0 Å². The highest BCUT2D eigenvalue weighted by atomic mass is 32.1. The zero-order valence-corrected chi connectivity index (χ0v) is 17.3. The highest BCUT2D eigenvalue weighted by molar-refractivity contribution is 7.19. The Morgan fingerprint density at radius 2 is 1.97 bits per heavy atom. The Morgan fingerprint density at radius 1 is 1.14 bits per heavy atom. The number of hydrogen-bond acceptors (Lipinski definition) is 8. The van der Waals surface area contributed by atoms with E-state index in [1.807, 2.05) is 35.0 Å². The molecular formula is C19H25N7O2S. The third-order valence-corrected chi connectivity index (χ3v) is 6.32. The van der Waals surface area contributed by atoms with E-state index in [4.69, 9.17) is 0 Å². The maximum absolute atomic E-state index is 12.7. The van der Waals surface area contributed by atoms with Crippen LogP contribution in [0.25, 0.3) is 0 Å². The average Bonchev–Trinajstić information content (AvgIpc) is 3.25. The number of likely N-dealkylation sites (N-methyl/N-ethyl adjacent to an activating group) is 1. The molecule has 9 nitrogen and oxygen atoms in total. The number of nitrogens with zero attached hydrogens (tertiary/aromatic N) is 7. The Morgan fingerprint density at radius 3 is 2.69 bits per heavy atom. The minimum Gasteiger partial charge on any atom is -0.353 e. The summed E-state index contributed by atoms with van der Waals surface area (Å²) in [6, 6.07) is 5.87. The lowest BCUT2D eigenvalue weighted by Crippen LogP contribution is -2.51. The largest absolute Gasteiger partial charge is 0.353 e. The molecule has 4 rings (SSSR count). The van der Waals surface area contributed by atoms with Gasteiger partial charge >= 0.3 is 0 Å². The molecule has 2 aliphatic rings. The second-order valence-corrected chi connectivity index (χ2v) is 8.22. The first-order chi connectivity index (χ1) is 14.1. The van der Waals surface area contributed by atoms with Crippen LogP contribution >= 0.6 is 11.3 Å². The molecule has 29 heavy (non-hydrogen) atoms. The molecule has 0 aliphatic carbocycles. The molecule has 154 valence electrons. The van der Waals surface area contributed by atoms with E-state index in [0.717, 1.165) is 31.7 Å². The molecule has 0 bridgehead atoms. The fourth-order valence-electron chi connectivity index (χ4n) is 3.58. The molecule has 2 aliphatic heterocycles. The summed E-state index contributed by atoms with van der Waals surface area (Å²) in [4.78, 5) is 36.8. The van der Waals surface area contributed by atoms with E-state index >= 15 is 0 Å². The number of carbonyl (C=O) groups is 2. The maximum atomic E-state index is 12.7. The van der Waals surface area contributed by atoms with Gasteiger partial charge in [-0.05, 0) is 25.0 Å². The van der Waals surface area contributed by atoms with Gasteiger partial charge in [-0.1, -0.05) is 17.4 Å². The van der Waals surface area contributed by atoms with Gasteiger partial charge in [0.05, 0.1) is 6.54 Å². The van der Waals surface area contributed by atoms with Crippen LogP contribution in [0.1, 0.15) is 19.3 Å². The van der Waals surface area contributed by atoms with Crippen molar-refractivity contribution < 1.29 is 9.59 Å². The highest BCUT2D eigenvalue weighted by Crippen LogP contribution is 2.29. The second kappa shape index (κ2) is 8.73. The lowest BCUT2D eigenvalue weighted by Gasteiger charge is -2.36. The van der Waals surface area contributed by atoms with Crippen molar-refractivity contribution in [3.05, 3.63) is 24.4 Å². The number of aromatic nitrogens is 3. The molecule has 0 atom stereocenters. The van der Waals surface area contributed by atoms with E-state index in [9.17, 15) is 9.59 Å². The van der Waals surface area contributed by atoms with Crippen LogP contribution in [-0.4, -0.2) is 78.2 Å². The van der Waals surface area contributed by atoms with Crippen LogP contribution in [0, 0.1) is 0 Å². The van der Waals surface area contributed by atoms with Crippen molar-refractivity contribution in [3.63, 3.8) is 0 Å². The Hall–Kier alpha value is -2.75. The molecule has 0 radical (unpaired) electrons. The molecule has 0 N–H and O–H groups in total. The van der Waals surface area contributed by atoms with Gasteiger partial charge < -0.3 is 14.7 Å². The van der Waals surface area contributed by atoms with Crippen molar-refractivity contribution in [2.45, 2.75) is 19.3 Å². The lowest BCUT2D eigenvalue weighted by atomic mass is 10.1. The van der Waals surface area contributed by atoms with E-state index in [1.165, 1.54) is 11.3 Å². The second-order valence-electron chi connectivity index (χ2n) is 7.28. The average molecular weight is 416 g/mol. The fraction of sp³-hybridized carbons (Fsp3) is 0.526. The molecular weight excluding hydrogens is 390 g/mol. The van der Waals surface area contributed by atoms with Gasteiger partial charge in [0.15, 0.2) is 0 Å². The molecule has 2 aromatic rings. The Labute approximate surface area is 173 Å². The molecule has 0 spiro atoms. The summed E-state index contributed by atoms with van der Waals surface area (Å²) < 4.78 is 0. The number of rotatable bonds is 5. The standard InChI is InChI=1S/C19H25N7O2S/c1-23(18-21-22-19(29-18)26-9-5-3-7-16(26)27)14-17(28)25-12-10-24(11-13-25)15-6-2-4-8-20-15/h2,4,6,8H,3,5,7,9-14H2,1H3. The summed E-state index contributed by atoms with van der Waals surface area (Å²) in [5.41, 5.74) is 0. The number of anilines is 3. The predicted octanol–water partition coefficient (Wildman–Crippen LogP) is 1.23. The van der Waals surface area contributed by atoms with Crippen LogP contribution in [0.15, 0.2) is 24.4 Å². The number of piperidine rings is 1.